The van der Waals surface area contributed by atoms with Crippen LogP contribution in [0.1, 0.15) is 5.56 Å². The standard InChI is InChI=1S/C8H14N4/c1-9-4-5-10-6-8-2-3-11-12-7-8/h2-3,7,9-10H,4-6H2,1H3. The van der Waals surface area contributed by atoms with Gasteiger partial charge in [0.25, 0.3) is 0 Å². The van der Waals surface area contributed by atoms with Crippen LogP contribution in [0, 0.1) is 0 Å². The highest BCUT2D eigenvalue weighted by Crippen LogP contribution is 1.91. The molecular formula is C8H14N4. The molecule has 1 aromatic rings. The summed E-state index contributed by atoms with van der Waals surface area (Å²) in [6, 6.07) is 1.96. The highest BCUT2D eigenvalue weighted by atomic mass is 15.1. The van der Waals surface area contributed by atoms with Gasteiger partial charge in [-0.2, -0.15) is 10.2 Å². The molecule has 0 saturated carbocycles. The Kier molecular flexibility index (Phi) is 4.26. The lowest BCUT2D eigenvalue weighted by atomic mass is 10.3. The van der Waals surface area contributed by atoms with Gasteiger partial charge in [-0.3, -0.25) is 0 Å². The fourth-order valence-electron chi connectivity index (χ4n) is 0.869. The van der Waals surface area contributed by atoms with Crippen LogP contribution < -0.4 is 10.6 Å². The second-order valence-electron chi connectivity index (χ2n) is 2.53. The Morgan fingerprint density at radius 3 is 2.92 bits per heavy atom. The van der Waals surface area contributed by atoms with Crippen molar-refractivity contribution in [2.45, 2.75) is 6.54 Å². The van der Waals surface area contributed by atoms with Crippen LogP contribution in [0.3, 0.4) is 0 Å². The van der Waals surface area contributed by atoms with Crippen LogP contribution in [0.5, 0.6) is 0 Å². The molecule has 0 bridgehead atoms. The van der Waals surface area contributed by atoms with E-state index in [2.05, 4.69) is 20.8 Å². The molecule has 0 aliphatic rings. The molecule has 4 heteroatoms. The Hall–Kier alpha value is -1.00. The van der Waals surface area contributed by atoms with E-state index >= 15 is 0 Å². The summed E-state index contributed by atoms with van der Waals surface area (Å²) in [5, 5.41) is 13.8. The van der Waals surface area contributed by atoms with Gasteiger partial charge in [-0.15, -0.1) is 0 Å². The third-order valence-corrected chi connectivity index (χ3v) is 1.53. The van der Waals surface area contributed by atoms with E-state index in [0.717, 1.165) is 19.6 Å². The number of hydrogen-bond donors (Lipinski definition) is 2. The van der Waals surface area contributed by atoms with Crippen molar-refractivity contribution >= 4 is 0 Å². The van der Waals surface area contributed by atoms with Gasteiger partial charge in [-0.1, -0.05) is 0 Å². The summed E-state index contributed by atoms with van der Waals surface area (Å²) in [6.07, 6.45) is 3.47. The average molecular weight is 166 g/mol. The van der Waals surface area contributed by atoms with Crippen LogP contribution in [0.2, 0.25) is 0 Å². The monoisotopic (exact) mass is 166 g/mol. The van der Waals surface area contributed by atoms with Crippen molar-refractivity contribution in [3.8, 4) is 0 Å². The van der Waals surface area contributed by atoms with E-state index in [-0.39, 0.29) is 0 Å². The predicted octanol–water partition coefficient (Wildman–Crippen LogP) is -0.214. The van der Waals surface area contributed by atoms with Crippen LogP contribution in [0.15, 0.2) is 18.5 Å². The second-order valence-corrected chi connectivity index (χ2v) is 2.53. The van der Waals surface area contributed by atoms with Gasteiger partial charge < -0.3 is 10.6 Å². The summed E-state index contributed by atoms with van der Waals surface area (Å²) < 4.78 is 0. The zero-order valence-electron chi connectivity index (χ0n) is 7.25. The van der Waals surface area contributed by atoms with E-state index in [4.69, 9.17) is 0 Å². The summed E-state index contributed by atoms with van der Waals surface area (Å²) in [5.41, 5.74) is 1.17. The lowest BCUT2D eigenvalue weighted by molar-refractivity contribution is 0.648. The molecule has 2 N–H and O–H groups in total. The largest absolute Gasteiger partial charge is 0.318 e. The minimum absolute atomic E-state index is 0.858. The predicted molar refractivity (Wildman–Crippen MR) is 47.7 cm³/mol. The normalized spacial score (nSPS) is 10.1. The molecular weight excluding hydrogens is 152 g/mol. The van der Waals surface area contributed by atoms with Crippen molar-refractivity contribution in [3.05, 3.63) is 24.0 Å². The maximum Gasteiger partial charge on any atom is 0.0541 e. The van der Waals surface area contributed by atoms with Gasteiger partial charge in [0.2, 0.25) is 0 Å². The molecule has 12 heavy (non-hydrogen) atoms. The number of nitrogens with zero attached hydrogens (tertiary/aromatic N) is 2. The zero-order chi connectivity index (χ0) is 8.65. The Labute approximate surface area is 72.4 Å². The van der Waals surface area contributed by atoms with Gasteiger partial charge in [0, 0.05) is 25.8 Å². The van der Waals surface area contributed by atoms with Crippen LogP contribution in [0.4, 0.5) is 0 Å². The van der Waals surface area contributed by atoms with Gasteiger partial charge in [0.1, 0.15) is 0 Å². The lowest BCUT2D eigenvalue weighted by Crippen LogP contribution is -2.24. The van der Waals surface area contributed by atoms with Gasteiger partial charge in [0.05, 0.1) is 6.20 Å². The third kappa shape index (κ3) is 3.41. The van der Waals surface area contributed by atoms with Gasteiger partial charge in [-0.25, -0.2) is 0 Å². The molecule has 0 amide bonds. The maximum absolute atomic E-state index is 3.78. The smallest absolute Gasteiger partial charge is 0.0541 e. The van der Waals surface area contributed by atoms with Crippen LogP contribution >= 0.6 is 0 Å². The first-order valence-corrected chi connectivity index (χ1v) is 4.04. The van der Waals surface area contributed by atoms with Crippen molar-refractivity contribution in [1.29, 1.82) is 0 Å². The molecule has 1 heterocycles. The molecule has 0 radical (unpaired) electrons. The summed E-state index contributed by atoms with van der Waals surface area (Å²) in [6.45, 7) is 2.81. The Morgan fingerprint density at radius 1 is 1.33 bits per heavy atom. The number of nitrogens with one attached hydrogen (secondary N) is 2. The first kappa shape index (κ1) is 9.09. The first-order valence-electron chi connectivity index (χ1n) is 4.04. The zero-order valence-corrected chi connectivity index (χ0v) is 7.25. The van der Waals surface area contributed by atoms with E-state index in [0.29, 0.717) is 0 Å². The molecule has 1 rings (SSSR count). The van der Waals surface area contributed by atoms with Crippen molar-refractivity contribution in [2.24, 2.45) is 0 Å². The molecule has 66 valence electrons. The van der Waals surface area contributed by atoms with E-state index in [1.807, 2.05) is 13.1 Å². The second kappa shape index (κ2) is 5.62. The average Bonchev–Trinajstić information content (AvgIpc) is 2.14. The Morgan fingerprint density at radius 2 is 2.25 bits per heavy atom. The molecule has 0 saturated heterocycles. The first-order chi connectivity index (χ1) is 5.93. The number of rotatable bonds is 5. The van der Waals surface area contributed by atoms with Crippen molar-refractivity contribution in [3.63, 3.8) is 0 Å². The SMILES string of the molecule is CNCCNCc1ccnnc1. The van der Waals surface area contributed by atoms with Gasteiger partial charge in [-0.05, 0) is 18.7 Å². The number of hydrogen-bond acceptors (Lipinski definition) is 4. The van der Waals surface area contributed by atoms with E-state index in [1.165, 1.54) is 5.56 Å². The Balaban J connectivity index is 2.16. The molecule has 0 aliphatic heterocycles. The van der Waals surface area contributed by atoms with Crippen molar-refractivity contribution in [2.75, 3.05) is 20.1 Å². The summed E-state index contributed by atoms with van der Waals surface area (Å²) in [5.74, 6) is 0. The molecule has 0 fully saturated rings. The highest BCUT2D eigenvalue weighted by Gasteiger charge is 1.89. The summed E-state index contributed by atoms with van der Waals surface area (Å²) >= 11 is 0. The fraction of sp³-hybridized carbons (Fsp3) is 0.500. The molecule has 0 unspecified atom stereocenters. The van der Waals surface area contributed by atoms with Crippen molar-refractivity contribution in [1.82, 2.24) is 20.8 Å². The minimum Gasteiger partial charge on any atom is -0.318 e. The lowest BCUT2D eigenvalue weighted by Gasteiger charge is -2.02. The van der Waals surface area contributed by atoms with Gasteiger partial charge in [0.15, 0.2) is 0 Å². The quantitative estimate of drug-likeness (QED) is 0.594. The van der Waals surface area contributed by atoms with E-state index in [1.54, 1.807) is 12.4 Å². The summed E-state index contributed by atoms with van der Waals surface area (Å²) in [7, 11) is 1.94. The highest BCUT2D eigenvalue weighted by molar-refractivity contribution is 5.04. The molecule has 0 aromatic carbocycles. The van der Waals surface area contributed by atoms with Crippen molar-refractivity contribution < 1.29 is 0 Å². The Bertz CT molecular complexity index is 199. The van der Waals surface area contributed by atoms with Crippen LogP contribution in [-0.2, 0) is 6.54 Å². The van der Waals surface area contributed by atoms with Crippen LogP contribution in [-0.4, -0.2) is 30.3 Å². The molecule has 0 aliphatic carbocycles. The van der Waals surface area contributed by atoms with Gasteiger partial charge >= 0.3 is 0 Å². The summed E-state index contributed by atoms with van der Waals surface area (Å²) in [4.78, 5) is 0. The van der Waals surface area contributed by atoms with E-state index < -0.39 is 0 Å². The molecule has 0 spiro atoms. The third-order valence-electron chi connectivity index (χ3n) is 1.53. The topological polar surface area (TPSA) is 49.8 Å². The number of likely N-dealkylation sites (N-methyl/N-ethyl adjacent to an activating group) is 1. The molecule has 4 nitrogen and oxygen atoms in total. The molecule has 0 atom stereocenters. The van der Waals surface area contributed by atoms with E-state index in [9.17, 15) is 0 Å². The number of aromatic nitrogens is 2. The fourth-order valence-corrected chi connectivity index (χ4v) is 0.869. The minimum atomic E-state index is 0.858. The molecule has 1 aromatic heterocycles. The van der Waals surface area contributed by atoms with Crippen LogP contribution in [0.25, 0.3) is 0 Å². The maximum atomic E-state index is 3.78.